The van der Waals surface area contributed by atoms with Gasteiger partial charge in [0.2, 0.25) is 0 Å². The zero-order valence-corrected chi connectivity index (χ0v) is 18.7. The van der Waals surface area contributed by atoms with E-state index in [-0.39, 0.29) is 35.3 Å². The smallest absolute Gasteiger partial charge is 0.716 e. The molecule has 0 bridgehead atoms. The molecule has 7 aromatic rings. The van der Waals surface area contributed by atoms with E-state index in [9.17, 15) is 13.0 Å². The van der Waals surface area contributed by atoms with Crippen LogP contribution < -0.4 is 33.7 Å². The first-order chi connectivity index (χ1) is 14.0. The Morgan fingerprint density at radius 2 is 0.933 bits per heavy atom. The molecule has 0 fully saturated rings. The van der Waals surface area contributed by atoms with Crippen molar-refractivity contribution in [3.8, 4) is 5.75 Å². The van der Waals surface area contributed by atoms with Crippen molar-refractivity contribution in [1.82, 2.24) is 0 Å². The van der Waals surface area contributed by atoms with Gasteiger partial charge in [0.1, 0.15) is 5.75 Å². The van der Waals surface area contributed by atoms with Gasteiger partial charge >= 0.3 is 29.6 Å². The summed E-state index contributed by atoms with van der Waals surface area (Å²) in [7, 11) is -4.89. The van der Waals surface area contributed by atoms with E-state index >= 15 is 0 Å². The minimum atomic E-state index is -4.89. The molecule has 0 aromatic heterocycles. The third-order valence-electron chi connectivity index (χ3n) is 6.16. The van der Waals surface area contributed by atoms with E-state index in [2.05, 4.69) is 36.4 Å². The van der Waals surface area contributed by atoms with Gasteiger partial charge in [-0.3, -0.25) is 0 Å². The van der Waals surface area contributed by atoms with Crippen molar-refractivity contribution < 1.29 is 46.7 Å². The van der Waals surface area contributed by atoms with Crippen LogP contribution in [0.1, 0.15) is 0 Å². The first-order valence-electron chi connectivity index (χ1n) is 9.25. The Bertz CT molecular complexity index is 1800. The minimum absolute atomic E-state index is 0. The molecule has 0 N–H and O–H groups in total. The molecule has 0 aliphatic heterocycles. The van der Waals surface area contributed by atoms with Gasteiger partial charge in [-0.25, -0.2) is 8.42 Å². The largest absolute Gasteiger partial charge is 1.00 e. The van der Waals surface area contributed by atoms with Gasteiger partial charge in [0.25, 0.3) is 10.4 Å². The van der Waals surface area contributed by atoms with Crippen LogP contribution in [-0.2, 0) is 10.4 Å². The summed E-state index contributed by atoms with van der Waals surface area (Å²) in [4.78, 5) is 0. The monoisotopic (exact) mass is 418 g/mol. The zero-order chi connectivity index (χ0) is 19.5. The second-order valence-corrected chi connectivity index (χ2v) is 8.59. The van der Waals surface area contributed by atoms with Crippen molar-refractivity contribution in [2.45, 2.75) is 0 Å². The number of rotatable bonds is 2. The molecule has 0 aliphatic carbocycles. The summed E-state index contributed by atoms with van der Waals surface area (Å²) in [5.74, 6) is 0.0762. The Hall–Kier alpha value is -2.41. The fourth-order valence-corrected chi connectivity index (χ4v) is 5.49. The molecule has 0 unspecified atom stereocenters. The molecule has 0 amide bonds. The molecule has 0 heterocycles. The van der Waals surface area contributed by atoms with E-state index in [1.807, 2.05) is 24.3 Å². The van der Waals surface area contributed by atoms with Gasteiger partial charge in [-0.1, -0.05) is 54.6 Å². The van der Waals surface area contributed by atoms with Gasteiger partial charge < -0.3 is 8.74 Å². The molecule has 6 heteroatoms. The second kappa shape index (κ2) is 5.84. The average Bonchev–Trinajstić information content (AvgIpc) is 2.70. The minimum Gasteiger partial charge on any atom is -0.716 e. The van der Waals surface area contributed by atoms with Crippen LogP contribution in [0.2, 0.25) is 0 Å². The maximum atomic E-state index is 11.4. The van der Waals surface area contributed by atoms with Crippen LogP contribution in [0.25, 0.3) is 64.6 Å². The van der Waals surface area contributed by atoms with Crippen molar-refractivity contribution in [1.29, 1.82) is 0 Å². The summed E-state index contributed by atoms with van der Waals surface area (Å²) in [5, 5.41) is 12.7. The van der Waals surface area contributed by atoms with E-state index in [1.165, 1.54) is 21.5 Å². The van der Waals surface area contributed by atoms with Crippen LogP contribution in [0.5, 0.6) is 5.75 Å². The van der Waals surface area contributed by atoms with Crippen LogP contribution in [0.4, 0.5) is 0 Å². The van der Waals surface area contributed by atoms with Gasteiger partial charge in [-0.15, -0.1) is 0 Å². The summed E-state index contributed by atoms with van der Waals surface area (Å²) in [6.45, 7) is 0. The zero-order valence-electron chi connectivity index (χ0n) is 15.9. The van der Waals surface area contributed by atoms with E-state index in [1.54, 1.807) is 6.07 Å². The SMILES string of the molecule is O=S(=O)([O-])Oc1cc2ccc3ccc4ccc5ccc6ccc1c1c6c5c4c3c21.[Na+]. The van der Waals surface area contributed by atoms with Crippen LogP contribution in [0.3, 0.4) is 0 Å². The van der Waals surface area contributed by atoms with Gasteiger partial charge in [0.15, 0.2) is 0 Å². The summed E-state index contributed by atoms with van der Waals surface area (Å²) < 4.78 is 39.0. The van der Waals surface area contributed by atoms with E-state index < -0.39 is 10.4 Å². The molecule has 7 aromatic carbocycles. The Balaban J connectivity index is 0.00000175. The maximum Gasteiger partial charge on any atom is 1.00 e. The summed E-state index contributed by atoms with van der Waals surface area (Å²) in [5.41, 5.74) is 0. The third-order valence-corrected chi connectivity index (χ3v) is 6.54. The van der Waals surface area contributed by atoms with E-state index in [0.717, 1.165) is 37.7 Å². The van der Waals surface area contributed by atoms with Gasteiger partial charge in [-0.05, 0) is 66.0 Å². The molecule has 0 aliphatic rings. The van der Waals surface area contributed by atoms with E-state index in [0.29, 0.717) is 5.39 Å². The second-order valence-electron chi connectivity index (χ2n) is 7.61. The molecule has 4 nitrogen and oxygen atoms in total. The van der Waals surface area contributed by atoms with Crippen molar-refractivity contribution in [3.63, 3.8) is 0 Å². The van der Waals surface area contributed by atoms with Gasteiger partial charge in [0.05, 0.1) is 0 Å². The Labute approximate surface area is 193 Å². The van der Waals surface area contributed by atoms with Crippen molar-refractivity contribution in [3.05, 3.63) is 66.7 Å². The quantitative estimate of drug-likeness (QED) is 0.142. The standard InChI is InChI=1S/C24H12O4S.Na/c25-29(26,27)28-18-11-16-8-7-14-4-2-12-1-3-13-5-6-15-9-10-17(18)24-22(15)20(13)19(12)21(14)23(16)24;/h1-11H,(H,25,26,27);/q;+1/p-1. The Kier molecular flexibility index (Phi) is 3.58. The average molecular weight is 418 g/mol. The van der Waals surface area contributed by atoms with Crippen molar-refractivity contribution in [2.75, 3.05) is 0 Å². The van der Waals surface area contributed by atoms with Gasteiger partial charge in [0, 0.05) is 10.8 Å². The van der Waals surface area contributed by atoms with E-state index in [4.69, 9.17) is 4.18 Å². The maximum absolute atomic E-state index is 11.4. The molecular formula is C24H11NaO4S. The fourth-order valence-electron chi connectivity index (χ4n) is 5.13. The van der Waals surface area contributed by atoms with Crippen LogP contribution in [0, 0.1) is 0 Å². The molecule has 30 heavy (non-hydrogen) atoms. The van der Waals surface area contributed by atoms with Crippen LogP contribution in [0.15, 0.2) is 66.7 Å². The molecule has 0 atom stereocenters. The summed E-state index contributed by atoms with van der Waals surface area (Å²) in [6, 6.07) is 22.2. The molecular weight excluding hydrogens is 407 g/mol. The molecule has 7 rings (SSSR count). The third kappa shape index (κ3) is 2.21. The molecule has 0 spiro atoms. The first kappa shape index (κ1) is 18.4. The Morgan fingerprint density at radius 3 is 1.40 bits per heavy atom. The van der Waals surface area contributed by atoms with Gasteiger partial charge in [-0.2, -0.15) is 0 Å². The fraction of sp³-hybridized carbons (Fsp3) is 0. The molecule has 138 valence electrons. The van der Waals surface area contributed by atoms with Crippen molar-refractivity contribution >= 4 is 75.0 Å². The predicted octanol–water partition coefficient (Wildman–Crippen LogP) is 2.76. The predicted molar refractivity (Wildman–Crippen MR) is 115 cm³/mol. The molecule has 0 radical (unpaired) electrons. The summed E-state index contributed by atoms with van der Waals surface area (Å²) in [6.07, 6.45) is 0. The van der Waals surface area contributed by atoms with Crippen LogP contribution in [-0.4, -0.2) is 13.0 Å². The van der Waals surface area contributed by atoms with Crippen LogP contribution >= 0.6 is 0 Å². The molecule has 0 saturated heterocycles. The number of benzene rings is 7. The molecule has 0 saturated carbocycles. The number of hydrogen-bond donors (Lipinski definition) is 0. The topological polar surface area (TPSA) is 66.4 Å². The van der Waals surface area contributed by atoms with Crippen molar-refractivity contribution in [2.24, 2.45) is 0 Å². The first-order valence-corrected chi connectivity index (χ1v) is 10.6. The summed E-state index contributed by atoms with van der Waals surface area (Å²) >= 11 is 0. The normalized spacial score (nSPS) is 12.8. The number of hydrogen-bond acceptors (Lipinski definition) is 4. The Morgan fingerprint density at radius 1 is 0.567 bits per heavy atom.